The first-order valence-electron chi connectivity index (χ1n) is 13.4. The molecule has 2 aromatic heterocycles. The molecule has 45 heavy (non-hydrogen) atoms. The predicted molar refractivity (Wildman–Crippen MR) is 159 cm³/mol. The van der Waals surface area contributed by atoms with Crippen LogP contribution in [0.15, 0.2) is 89.6 Å². The lowest BCUT2D eigenvalue weighted by Gasteiger charge is -2.15. The number of hydrogen-bond acceptors (Lipinski definition) is 5. The molecule has 0 aliphatic carbocycles. The second-order valence-electron chi connectivity index (χ2n) is 10.0. The van der Waals surface area contributed by atoms with Crippen LogP contribution in [0, 0.1) is 12.7 Å². The standard InChI is InChI=1S/C31H25F5N6O2S/c1-18(2)25-14-22(32)8-13-27(25)42-19(3)16-45-30(42)39-29(43)37-15-26(33)20-4-6-21(7-5-20)28-38-17-41(40-28)23-9-11-24(12-10-23)44-31(34,35)36/h4-18H,1-3H3,(H,37,43)/b26-15-,39-30-. The van der Waals surface area contributed by atoms with Crippen molar-refractivity contribution in [2.45, 2.75) is 33.1 Å². The number of thiazole rings is 1. The maximum absolute atomic E-state index is 14.9. The zero-order valence-electron chi connectivity index (χ0n) is 24.0. The van der Waals surface area contributed by atoms with Crippen LogP contribution in [0.4, 0.5) is 26.7 Å². The molecule has 0 radical (unpaired) electrons. The van der Waals surface area contributed by atoms with E-state index < -0.39 is 18.2 Å². The van der Waals surface area contributed by atoms with Gasteiger partial charge in [0.15, 0.2) is 10.6 Å². The second kappa shape index (κ2) is 12.9. The van der Waals surface area contributed by atoms with Crippen molar-refractivity contribution in [3.8, 4) is 28.5 Å². The van der Waals surface area contributed by atoms with E-state index >= 15 is 0 Å². The van der Waals surface area contributed by atoms with Crippen molar-refractivity contribution in [2.24, 2.45) is 4.99 Å². The minimum absolute atomic E-state index is 0.0154. The molecule has 0 spiro atoms. The summed E-state index contributed by atoms with van der Waals surface area (Å²) in [4.78, 5) is 21.3. The van der Waals surface area contributed by atoms with Gasteiger partial charge in [0, 0.05) is 28.4 Å². The third-order valence-corrected chi connectivity index (χ3v) is 7.44. The molecule has 0 saturated carbocycles. The molecule has 5 aromatic rings. The van der Waals surface area contributed by atoms with Crippen LogP contribution in [-0.2, 0) is 0 Å². The molecular formula is C31H25F5N6O2S. The smallest absolute Gasteiger partial charge is 0.406 e. The van der Waals surface area contributed by atoms with Gasteiger partial charge >= 0.3 is 12.4 Å². The topological polar surface area (TPSA) is 86.3 Å². The van der Waals surface area contributed by atoms with Gasteiger partial charge < -0.3 is 10.1 Å². The van der Waals surface area contributed by atoms with Gasteiger partial charge in [0.05, 0.1) is 11.4 Å². The monoisotopic (exact) mass is 640 g/mol. The fourth-order valence-corrected chi connectivity index (χ4v) is 5.25. The maximum Gasteiger partial charge on any atom is 0.573 e. The zero-order chi connectivity index (χ0) is 32.3. The summed E-state index contributed by atoms with van der Waals surface area (Å²) in [6, 6.07) is 14.9. The van der Waals surface area contributed by atoms with E-state index in [1.54, 1.807) is 22.8 Å². The van der Waals surface area contributed by atoms with Crippen molar-refractivity contribution < 1.29 is 31.5 Å². The highest BCUT2D eigenvalue weighted by atomic mass is 32.1. The number of benzene rings is 3. The summed E-state index contributed by atoms with van der Waals surface area (Å²) < 4.78 is 73.0. The van der Waals surface area contributed by atoms with Crippen molar-refractivity contribution in [1.29, 1.82) is 0 Å². The van der Waals surface area contributed by atoms with E-state index in [1.807, 2.05) is 26.2 Å². The van der Waals surface area contributed by atoms with Crippen LogP contribution < -0.4 is 14.9 Å². The fourth-order valence-electron chi connectivity index (χ4n) is 4.38. The van der Waals surface area contributed by atoms with Gasteiger partial charge in [-0.1, -0.05) is 38.1 Å². The number of aromatic nitrogens is 4. The number of nitrogens with zero attached hydrogens (tertiary/aromatic N) is 5. The maximum atomic E-state index is 14.9. The largest absolute Gasteiger partial charge is 0.573 e. The van der Waals surface area contributed by atoms with E-state index in [-0.39, 0.29) is 23.0 Å². The number of alkyl halides is 3. The van der Waals surface area contributed by atoms with Crippen molar-refractivity contribution in [1.82, 2.24) is 24.6 Å². The molecule has 0 fully saturated rings. The molecule has 0 unspecified atom stereocenters. The van der Waals surface area contributed by atoms with Gasteiger partial charge in [-0.2, -0.15) is 4.99 Å². The summed E-state index contributed by atoms with van der Waals surface area (Å²) >= 11 is 1.22. The Morgan fingerprint density at radius 2 is 1.78 bits per heavy atom. The van der Waals surface area contributed by atoms with Crippen LogP contribution in [-0.4, -0.2) is 31.7 Å². The number of rotatable bonds is 7. The molecule has 1 N–H and O–H groups in total. The van der Waals surface area contributed by atoms with E-state index in [4.69, 9.17) is 0 Å². The Bertz CT molecular complexity index is 1920. The van der Waals surface area contributed by atoms with E-state index in [9.17, 15) is 26.7 Å². The Kier molecular flexibility index (Phi) is 8.95. The van der Waals surface area contributed by atoms with Crippen LogP contribution in [0.1, 0.15) is 36.6 Å². The molecule has 2 heterocycles. The molecule has 0 saturated heterocycles. The first kappa shape index (κ1) is 31.3. The Hall–Kier alpha value is -5.11. The average Bonchev–Trinajstić information content (AvgIpc) is 3.63. The van der Waals surface area contributed by atoms with Crippen LogP contribution in [0.5, 0.6) is 5.75 Å². The lowest BCUT2D eigenvalue weighted by atomic mass is 10.0. The molecule has 8 nitrogen and oxygen atoms in total. The Morgan fingerprint density at radius 3 is 2.44 bits per heavy atom. The average molecular weight is 641 g/mol. The van der Waals surface area contributed by atoms with Gasteiger partial charge in [0.2, 0.25) is 0 Å². The highest BCUT2D eigenvalue weighted by molar-refractivity contribution is 7.07. The number of aryl methyl sites for hydroxylation is 1. The zero-order valence-corrected chi connectivity index (χ0v) is 24.8. The van der Waals surface area contributed by atoms with Gasteiger partial charge in [-0.25, -0.2) is 23.2 Å². The van der Waals surface area contributed by atoms with E-state index in [2.05, 4.69) is 25.1 Å². The van der Waals surface area contributed by atoms with Crippen LogP contribution in [0.3, 0.4) is 0 Å². The first-order valence-corrected chi connectivity index (χ1v) is 14.3. The minimum Gasteiger partial charge on any atom is -0.406 e. The summed E-state index contributed by atoms with van der Waals surface area (Å²) in [5.41, 5.74) is 3.44. The highest BCUT2D eigenvalue weighted by Crippen LogP contribution is 2.26. The SMILES string of the molecule is Cc1cs/c(=N\C(=O)N/C=C(\F)c2ccc(-c3ncn(-c4ccc(OC(F)(F)F)cc4)n3)cc2)n1-c1ccc(F)cc1C(C)C. The van der Waals surface area contributed by atoms with Gasteiger partial charge in [0.1, 0.15) is 23.7 Å². The van der Waals surface area contributed by atoms with Gasteiger partial charge in [-0.3, -0.25) is 4.57 Å². The van der Waals surface area contributed by atoms with E-state index in [0.29, 0.717) is 27.6 Å². The predicted octanol–water partition coefficient (Wildman–Crippen LogP) is 7.83. The summed E-state index contributed by atoms with van der Waals surface area (Å²) in [6.45, 7) is 5.73. The molecule has 232 valence electrons. The lowest BCUT2D eigenvalue weighted by Crippen LogP contribution is -2.22. The van der Waals surface area contributed by atoms with Crippen molar-refractivity contribution >= 4 is 23.2 Å². The number of nitrogens with one attached hydrogen (secondary N) is 1. The first-order chi connectivity index (χ1) is 21.4. The Labute approximate surface area is 257 Å². The third kappa shape index (κ3) is 7.52. The molecule has 0 aliphatic heterocycles. The van der Waals surface area contributed by atoms with E-state index in [0.717, 1.165) is 29.6 Å². The Balaban J connectivity index is 1.28. The number of hydrogen-bond donors (Lipinski definition) is 1. The number of carbonyl (C=O) groups excluding carboxylic acids is 1. The van der Waals surface area contributed by atoms with Gasteiger partial charge in [0.25, 0.3) is 0 Å². The van der Waals surface area contributed by atoms with E-state index in [1.165, 1.54) is 58.7 Å². The van der Waals surface area contributed by atoms with Crippen LogP contribution in [0.2, 0.25) is 0 Å². The van der Waals surface area contributed by atoms with Crippen molar-refractivity contribution in [3.63, 3.8) is 0 Å². The number of halogens is 5. The minimum atomic E-state index is -4.79. The molecule has 0 aliphatic rings. The van der Waals surface area contributed by atoms with Crippen molar-refractivity contribution in [3.05, 3.63) is 112 Å². The number of carbonyl (C=O) groups is 1. The number of amides is 2. The fraction of sp³-hybridized carbons (Fsp3) is 0.161. The van der Waals surface area contributed by atoms with Crippen LogP contribution in [0.25, 0.3) is 28.6 Å². The van der Waals surface area contributed by atoms with Gasteiger partial charge in [-0.05, 0) is 60.9 Å². The lowest BCUT2D eigenvalue weighted by molar-refractivity contribution is -0.274. The van der Waals surface area contributed by atoms with Gasteiger partial charge in [-0.15, -0.1) is 29.6 Å². The molecule has 3 aromatic carbocycles. The summed E-state index contributed by atoms with van der Waals surface area (Å²) in [5.74, 6) is -1.13. The second-order valence-corrected chi connectivity index (χ2v) is 10.9. The summed E-state index contributed by atoms with van der Waals surface area (Å²) in [7, 11) is 0. The van der Waals surface area contributed by atoms with Crippen molar-refractivity contribution in [2.75, 3.05) is 0 Å². The normalized spacial score (nSPS) is 12.6. The molecule has 0 bridgehead atoms. The molecule has 5 rings (SSSR count). The number of urea groups is 1. The summed E-state index contributed by atoms with van der Waals surface area (Å²) in [5, 5.41) is 8.48. The quantitative estimate of drug-likeness (QED) is 0.184. The molecule has 14 heteroatoms. The molecule has 0 atom stereocenters. The molecular weight excluding hydrogens is 615 g/mol. The molecule has 2 amide bonds. The Morgan fingerprint density at radius 1 is 1.07 bits per heavy atom. The number of ether oxygens (including phenoxy) is 1. The van der Waals surface area contributed by atoms with Crippen LogP contribution >= 0.6 is 11.3 Å². The summed E-state index contributed by atoms with van der Waals surface area (Å²) in [6.07, 6.45) is -2.50. The highest BCUT2D eigenvalue weighted by Gasteiger charge is 2.31. The third-order valence-electron chi connectivity index (χ3n) is 6.50.